The number of fused-ring (bicyclic) bond motifs is 1. The van der Waals surface area contributed by atoms with Gasteiger partial charge in [-0.3, -0.25) is 4.90 Å². The summed E-state index contributed by atoms with van der Waals surface area (Å²) in [4.78, 5) is 2.37. The van der Waals surface area contributed by atoms with Crippen LogP contribution in [0.5, 0.6) is 0 Å². The predicted octanol–water partition coefficient (Wildman–Crippen LogP) is 1.63. The highest BCUT2D eigenvalue weighted by atomic mass is 32.2. The molecule has 2 heterocycles. The number of benzene rings is 2. The second-order valence-corrected chi connectivity index (χ2v) is 8.08. The summed E-state index contributed by atoms with van der Waals surface area (Å²) in [5.74, 6) is 0.689. The fourth-order valence-corrected chi connectivity index (χ4v) is 4.68. The maximum atomic E-state index is 12.3. The van der Waals surface area contributed by atoms with Crippen molar-refractivity contribution in [3.05, 3.63) is 60.2 Å². The Labute approximate surface area is 147 Å². The first kappa shape index (κ1) is 16.3. The molecule has 130 valence electrons. The number of hydrogen-bond donors (Lipinski definition) is 2. The fourth-order valence-electron chi connectivity index (χ4n) is 3.54. The van der Waals surface area contributed by atoms with Crippen molar-refractivity contribution in [3.63, 3.8) is 0 Å². The summed E-state index contributed by atoms with van der Waals surface area (Å²) < 4.78 is 28.6. The maximum absolute atomic E-state index is 12.3. The number of amidine groups is 1. The van der Waals surface area contributed by atoms with E-state index in [1.165, 1.54) is 5.56 Å². The molecule has 6 nitrogen and oxygen atoms in total. The van der Waals surface area contributed by atoms with Crippen molar-refractivity contribution in [2.24, 2.45) is 10.1 Å². The van der Waals surface area contributed by atoms with Gasteiger partial charge in [0.15, 0.2) is 0 Å². The number of nitrogens with two attached hydrogens (primary N) is 1. The van der Waals surface area contributed by atoms with Crippen molar-refractivity contribution < 1.29 is 8.42 Å². The molecule has 4 rings (SSSR count). The van der Waals surface area contributed by atoms with Crippen LogP contribution in [0.25, 0.3) is 0 Å². The molecular weight excluding hydrogens is 336 g/mol. The number of likely N-dealkylation sites (tertiary alicyclic amines) is 1. The summed E-state index contributed by atoms with van der Waals surface area (Å²) in [7, 11) is -3.64. The number of nitrogens with one attached hydrogen (secondary N) is 1. The quantitative estimate of drug-likeness (QED) is 0.873. The maximum Gasteiger partial charge on any atom is 0.286 e. The van der Waals surface area contributed by atoms with Crippen molar-refractivity contribution in [2.45, 2.75) is 16.9 Å². The molecule has 25 heavy (non-hydrogen) atoms. The van der Waals surface area contributed by atoms with Crippen LogP contribution in [-0.2, 0) is 10.0 Å². The Morgan fingerprint density at radius 1 is 1.08 bits per heavy atom. The Balaban J connectivity index is 1.52. The first-order valence-corrected chi connectivity index (χ1v) is 9.70. The second kappa shape index (κ2) is 6.25. The van der Waals surface area contributed by atoms with Crippen LogP contribution < -0.4 is 11.1 Å². The Hall–Kier alpha value is -2.22. The Bertz CT molecular complexity index is 912. The fraction of sp³-hybridized carbons (Fsp3) is 0.278. The monoisotopic (exact) mass is 356 g/mol. The number of sulfonamides is 1. The van der Waals surface area contributed by atoms with Crippen LogP contribution in [0.4, 0.5) is 5.69 Å². The van der Waals surface area contributed by atoms with Crippen LogP contribution in [0.2, 0.25) is 0 Å². The van der Waals surface area contributed by atoms with Gasteiger partial charge in [-0.1, -0.05) is 42.5 Å². The highest BCUT2D eigenvalue weighted by Gasteiger charge is 2.33. The zero-order chi connectivity index (χ0) is 17.4. The normalized spacial score (nSPS) is 25.1. The lowest BCUT2D eigenvalue weighted by Crippen LogP contribution is -2.35. The van der Waals surface area contributed by atoms with Gasteiger partial charge in [-0.15, -0.1) is 4.40 Å². The van der Waals surface area contributed by atoms with E-state index in [2.05, 4.69) is 26.7 Å². The van der Waals surface area contributed by atoms with Crippen molar-refractivity contribution in [2.75, 3.05) is 25.0 Å². The summed E-state index contributed by atoms with van der Waals surface area (Å²) in [6.45, 7) is 1.93. The summed E-state index contributed by atoms with van der Waals surface area (Å²) in [5.41, 5.74) is 8.11. The largest absolute Gasteiger partial charge is 0.341 e. The molecule has 2 aromatic rings. The van der Waals surface area contributed by atoms with Crippen molar-refractivity contribution >= 4 is 21.5 Å². The molecule has 2 aromatic carbocycles. The zero-order valence-corrected chi connectivity index (χ0v) is 14.5. The molecular formula is C18H20N4O2S. The Morgan fingerprint density at radius 3 is 2.60 bits per heavy atom. The first-order chi connectivity index (χ1) is 12.0. The topological polar surface area (TPSA) is 87.8 Å². The second-order valence-electron chi connectivity index (χ2n) is 6.51. The molecule has 0 saturated carbocycles. The molecule has 0 spiro atoms. The smallest absolute Gasteiger partial charge is 0.286 e. The van der Waals surface area contributed by atoms with Gasteiger partial charge >= 0.3 is 0 Å². The van der Waals surface area contributed by atoms with E-state index >= 15 is 0 Å². The molecule has 0 aromatic heterocycles. The van der Waals surface area contributed by atoms with Crippen LogP contribution in [0.3, 0.4) is 0 Å². The van der Waals surface area contributed by atoms with Gasteiger partial charge in [0.2, 0.25) is 0 Å². The highest BCUT2D eigenvalue weighted by molar-refractivity contribution is 7.90. The Morgan fingerprint density at radius 2 is 1.80 bits per heavy atom. The zero-order valence-electron chi connectivity index (χ0n) is 13.7. The minimum Gasteiger partial charge on any atom is -0.341 e. The summed E-state index contributed by atoms with van der Waals surface area (Å²) >= 11 is 0. The molecule has 0 bridgehead atoms. The summed E-state index contributed by atoms with van der Waals surface area (Å²) in [6, 6.07) is 17.0. The van der Waals surface area contributed by atoms with Gasteiger partial charge in [0.05, 0.1) is 12.2 Å². The van der Waals surface area contributed by atoms with E-state index in [0.29, 0.717) is 24.6 Å². The molecule has 3 N–H and O–H groups in total. The number of hydrogen-bond acceptors (Lipinski definition) is 5. The van der Waals surface area contributed by atoms with Crippen molar-refractivity contribution in [3.8, 4) is 0 Å². The van der Waals surface area contributed by atoms with Crippen LogP contribution in [0.1, 0.15) is 11.5 Å². The van der Waals surface area contributed by atoms with E-state index in [9.17, 15) is 8.42 Å². The van der Waals surface area contributed by atoms with Gasteiger partial charge in [-0.05, 0) is 17.7 Å². The van der Waals surface area contributed by atoms with Gasteiger partial charge in [0.25, 0.3) is 10.0 Å². The number of para-hydroxylation sites is 1. The minimum atomic E-state index is -3.64. The van der Waals surface area contributed by atoms with E-state index in [1.807, 2.05) is 24.3 Å². The van der Waals surface area contributed by atoms with Gasteiger partial charge < -0.3 is 11.1 Å². The molecule has 1 fully saturated rings. The van der Waals surface area contributed by atoms with Gasteiger partial charge in [0, 0.05) is 25.0 Å². The van der Waals surface area contributed by atoms with E-state index in [4.69, 9.17) is 5.73 Å². The lowest BCUT2D eigenvalue weighted by molar-refractivity contribution is 0.379. The van der Waals surface area contributed by atoms with E-state index in [-0.39, 0.29) is 16.9 Å². The summed E-state index contributed by atoms with van der Waals surface area (Å²) in [5, 5.41) is 3.14. The number of nitrogens with zero attached hydrogens (tertiary/aromatic N) is 2. The predicted molar refractivity (Wildman–Crippen MR) is 98.3 cm³/mol. The third-order valence-corrected chi connectivity index (χ3v) is 6.09. The molecule has 2 aliphatic rings. The highest BCUT2D eigenvalue weighted by Crippen LogP contribution is 2.29. The van der Waals surface area contributed by atoms with E-state index in [1.54, 1.807) is 18.2 Å². The lowest BCUT2D eigenvalue weighted by atomic mass is 9.95. The Kier molecular flexibility index (Phi) is 4.07. The van der Waals surface area contributed by atoms with Crippen LogP contribution in [-0.4, -0.2) is 44.8 Å². The van der Waals surface area contributed by atoms with Crippen LogP contribution >= 0.6 is 0 Å². The molecule has 0 unspecified atom stereocenters. The third kappa shape index (κ3) is 3.18. The third-order valence-electron chi connectivity index (χ3n) is 4.72. The average molecular weight is 356 g/mol. The lowest BCUT2D eigenvalue weighted by Gasteiger charge is -2.22. The number of rotatable bonds is 3. The van der Waals surface area contributed by atoms with Crippen LogP contribution in [0, 0.1) is 0 Å². The van der Waals surface area contributed by atoms with E-state index in [0.717, 1.165) is 6.54 Å². The standard InChI is InChI=1S/C18H20N4O2S/c19-15-11-22(10-14(15)13-6-2-1-3-7-13)12-18-20-16-8-4-5-9-17(16)25(23,24)21-18/h1-9,14-15H,10-12,19H2,(H,20,21)/t14-,15+/m0/s1. The molecule has 2 aliphatic heterocycles. The average Bonchev–Trinajstić information content (AvgIpc) is 2.95. The molecule has 1 saturated heterocycles. The van der Waals surface area contributed by atoms with Crippen LogP contribution in [0.15, 0.2) is 63.9 Å². The van der Waals surface area contributed by atoms with Gasteiger partial charge in [-0.2, -0.15) is 8.42 Å². The van der Waals surface area contributed by atoms with E-state index < -0.39 is 10.0 Å². The number of anilines is 1. The van der Waals surface area contributed by atoms with Crippen molar-refractivity contribution in [1.29, 1.82) is 0 Å². The molecule has 2 atom stereocenters. The molecule has 0 aliphatic carbocycles. The SMILES string of the molecule is N[C@@H]1CN(CC2=NS(=O)(=O)c3ccccc3N2)C[C@H]1c1ccccc1. The molecule has 0 amide bonds. The molecule has 7 heteroatoms. The van der Waals surface area contributed by atoms with Gasteiger partial charge in [0.1, 0.15) is 10.7 Å². The van der Waals surface area contributed by atoms with Crippen molar-refractivity contribution in [1.82, 2.24) is 4.90 Å². The molecule has 0 radical (unpaired) electrons. The minimum absolute atomic E-state index is 0.0236. The first-order valence-electron chi connectivity index (χ1n) is 8.26. The summed E-state index contributed by atoms with van der Waals surface area (Å²) in [6.07, 6.45) is 0. The van der Waals surface area contributed by atoms with Gasteiger partial charge in [-0.25, -0.2) is 0 Å².